The van der Waals surface area contributed by atoms with Crippen LogP contribution in [-0.2, 0) is 12.8 Å². The average molecular weight is 599 g/mol. The van der Waals surface area contributed by atoms with Crippen molar-refractivity contribution in [1.82, 2.24) is 0 Å². The van der Waals surface area contributed by atoms with E-state index in [0.717, 1.165) is 61.8 Å². The molecule has 0 spiro atoms. The third kappa shape index (κ3) is 8.41. The predicted octanol–water partition coefficient (Wildman–Crippen LogP) is 11.3. The summed E-state index contributed by atoms with van der Waals surface area (Å²) in [5.41, 5.74) is 3.82. The third-order valence-corrected chi connectivity index (χ3v) is 7.64. The zero-order valence-electron chi connectivity index (χ0n) is 25.6. The van der Waals surface area contributed by atoms with E-state index in [4.69, 9.17) is 4.74 Å². The lowest BCUT2D eigenvalue weighted by molar-refractivity contribution is 0.412. The van der Waals surface area contributed by atoms with Crippen molar-refractivity contribution in [3.05, 3.63) is 124 Å². The molecule has 0 N–H and O–H groups in total. The van der Waals surface area contributed by atoms with Gasteiger partial charge in [0.05, 0.1) is 18.2 Å². The minimum absolute atomic E-state index is 0.0690. The fourth-order valence-electron chi connectivity index (χ4n) is 5.00. The Hall–Kier alpha value is -4.30. The highest BCUT2D eigenvalue weighted by Crippen LogP contribution is 2.35. The molecule has 5 heteroatoms. The molecule has 1 nitrogen and oxygen atoms in total. The van der Waals surface area contributed by atoms with Crippen LogP contribution in [0.3, 0.4) is 0 Å². The fraction of sp³-hybridized carbons (Fsp3) is 0.282. The first-order valence-electron chi connectivity index (χ1n) is 15.3. The van der Waals surface area contributed by atoms with E-state index >= 15 is 13.2 Å². The van der Waals surface area contributed by atoms with Crippen molar-refractivity contribution in [3.63, 3.8) is 0 Å². The second-order valence-corrected chi connectivity index (χ2v) is 10.9. The van der Waals surface area contributed by atoms with Crippen LogP contribution in [0.2, 0.25) is 0 Å². The van der Waals surface area contributed by atoms with Gasteiger partial charge in [-0.15, -0.1) is 0 Å². The van der Waals surface area contributed by atoms with E-state index in [9.17, 15) is 4.39 Å². The minimum Gasteiger partial charge on any atom is -0.495 e. The maximum absolute atomic E-state index is 15.2. The Morgan fingerprint density at radius 3 is 1.84 bits per heavy atom. The molecule has 0 aliphatic carbocycles. The van der Waals surface area contributed by atoms with Gasteiger partial charge in [-0.05, 0) is 84.3 Å². The molecule has 4 aromatic rings. The molecule has 0 saturated carbocycles. The smallest absolute Gasteiger partial charge is 0.169 e. The molecule has 0 aliphatic rings. The minimum atomic E-state index is -1.51. The van der Waals surface area contributed by atoms with E-state index in [1.165, 1.54) is 31.2 Å². The van der Waals surface area contributed by atoms with Crippen LogP contribution in [0.1, 0.15) is 85.8 Å². The lowest BCUT2D eigenvalue weighted by Crippen LogP contribution is -1.97. The van der Waals surface area contributed by atoms with Gasteiger partial charge in [0.25, 0.3) is 0 Å². The lowest BCUT2D eigenvalue weighted by atomic mass is 10.0. The van der Waals surface area contributed by atoms with Crippen LogP contribution in [-0.4, -0.2) is 7.11 Å². The molecule has 44 heavy (non-hydrogen) atoms. The van der Waals surface area contributed by atoms with Gasteiger partial charge in [-0.1, -0.05) is 93.8 Å². The van der Waals surface area contributed by atoms with Gasteiger partial charge >= 0.3 is 0 Å². The molecule has 4 aromatic carbocycles. The van der Waals surface area contributed by atoms with Gasteiger partial charge < -0.3 is 4.74 Å². The molecule has 0 aromatic heterocycles. The second-order valence-electron chi connectivity index (χ2n) is 10.9. The molecule has 0 radical (unpaired) electrons. The zero-order chi connectivity index (χ0) is 31.5. The molecule has 0 bridgehead atoms. The Balaban J connectivity index is 1.52. The van der Waals surface area contributed by atoms with Gasteiger partial charge in [-0.2, -0.15) is 0 Å². The van der Waals surface area contributed by atoms with E-state index in [0.29, 0.717) is 17.5 Å². The highest BCUT2D eigenvalue weighted by atomic mass is 19.2. The number of unbranched alkanes of at least 4 members (excludes halogenated alkanes) is 4. The molecule has 228 valence electrons. The van der Waals surface area contributed by atoms with Crippen LogP contribution in [0.5, 0.6) is 5.75 Å². The second kappa shape index (κ2) is 16.0. The van der Waals surface area contributed by atoms with Crippen LogP contribution < -0.4 is 4.74 Å². The van der Waals surface area contributed by atoms with Crippen LogP contribution in [0, 0.1) is 23.5 Å². The van der Waals surface area contributed by atoms with Crippen LogP contribution in [0.4, 0.5) is 17.6 Å². The first kappa shape index (κ1) is 32.6. The van der Waals surface area contributed by atoms with Crippen molar-refractivity contribution < 1.29 is 22.3 Å². The third-order valence-electron chi connectivity index (χ3n) is 7.64. The maximum atomic E-state index is 15.2. The Kier molecular flexibility index (Phi) is 11.8. The SMILES string of the molecule is CCCCCCc1ccc(/C(F)=C(\F)c2cc(OC)c(C#Cc3ccc(-c4ccc(CCCC)cc4)cc3)cc2F)c(F)c1. The first-order chi connectivity index (χ1) is 21.3. The topological polar surface area (TPSA) is 9.23 Å². The predicted molar refractivity (Wildman–Crippen MR) is 173 cm³/mol. The van der Waals surface area contributed by atoms with Crippen molar-refractivity contribution in [2.24, 2.45) is 0 Å². The summed E-state index contributed by atoms with van der Waals surface area (Å²) in [6.07, 6.45) is 8.12. The molecule has 0 saturated heterocycles. The first-order valence-corrected chi connectivity index (χ1v) is 15.3. The molecule has 0 aliphatic heterocycles. The zero-order valence-corrected chi connectivity index (χ0v) is 25.6. The van der Waals surface area contributed by atoms with E-state index in [-0.39, 0.29) is 11.3 Å². The van der Waals surface area contributed by atoms with Crippen molar-refractivity contribution in [2.45, 2.75) is 65.2 Å². The summed E-state index contributed by atoms with van der Waals surface area (Å²) in [6, 6.07) is 22.2. The Bertz CT molecular complexity index is 1640. The van der Waals surface area contributed by atoms with Gasteiger partial charge in [0.15, 0.2) is 11.7 Å². The molecular weight excluding hydrogens is 560 g/mol. The summed E-state index contributed by atoms with van der Waals surface area (Å²) < 4.78 is 65.4. The van der Waals surface area contributed by atoms with Crippen molar-refractivity contribution in [1.29, 1.82) is 0 Å². The quantitative estimate of drug-likeness (QED) is 0.0682. The number of methoxy groups -OCH3 is 1. The van der Waals surface area contributed by atoms with Gasteiger partial charge in [0.1, 0.15) is 17.4 Å². The largest absolute Gasteiger partial charge is 0.495 e. The summed E-state index contributed by atoms with van der Waals surface area (Å²) in [4.78, 5) is 0. The van der Waals surface area contributed by atoms with Gasteiger partial charge in [0.2, 0.25) is 0 Å². The maximum Gasteiger partial charge on any atom is 0.169 e. The van der Waals surface area contributed by atoms with Crippen LogP contribution >= 0.6 is 0 Å². The Labute approximate surface area is 258 Å². The van der Waals surface area contributed by atoms with Crippen LogP contribution in [0.25, 0.3) is 22.8 Å². The Morgan fingerprint density at radius 1 is 0.614 bits per heavy atom. The van der Waals surface area contributed by atoms with Crippen molar-refractivity contribution in [2.75, 3.05) is 7.11 Å². The van der Waals surface area contributed by atoms with E-state index in [1.807, 2.05) is 24.3 Å². The fourth-order valence-corrected chi connectivity index (χ4v) is 5.00. The summed E-state index contributed by atoms with van der Waals surface area (Å²) in [5, 5.41) is 0. The molecule has 4 rings (SSSR count). The highest BCUT2D eigenvalue weighted by molar-refractivity contribution is 5.84. The summed E-state index contributed by atoms with van der Waals surface area (Å²) in [5.74, 6) is 1.00. The number of hydrogen-bond acceptors (Lipinski definition) is 1. The summed E-state index contributed by atoms with van der Waals surface area (Å²) in [6.45, 7) is 4.28. The number of halogens is 4. The number of hydrogen-bond donors (Lipinski definition) is 0. The standard InChI is InChI=1S/C39H38F4O/c1-4-6-8-9-11-29-17-23-33(35(40)24-29)38(42)39(43)34-26-37(44-3)32(25-36(34)41)22-16-28-14-20-31(21-15-28)30-18-12-27(13-19-30)10-7-5-2/h12-15,17-21,23-26H,4-11H2,1-3H3/b39-38+. The Morgan fingerprint density at radius 2 is 1.20 bits per heavy atom. The van der Waals surface area contributed by atoms with E-state index < -0.39 is 34.4 Å². The molecular formula is C39H38F4O. The number of aryl methyl sites for hydroxylation is 2. The average Bonchev–Trinajstić information content (AvgIpc) is 3.05. The number of ether oxygens (including phenoxy) is 1. The van der Waals surface area contributed by atoms with Crippen molar-refractivity contribution >= 4 is 11.7 Å². The normalized spacial score (nSPS) is 11.5. The molecule has 0 fully saturated rings. The highest BCUT2D eigenvalue weighted by Gasteiger charge is 2.20. The van der Waals surface area contributed by atoms with Gasteiger partial charge in [-0.25, -0.2) is 17.6 Å². The number of benzene rings is 4. The molecule has 0 unspecified atom stereocenters. The molecule has 0 amide bonds. The van der Waals surface area contributed by atoms with E-state index in [2.05, 4.69) is 50.0 Å². The van der Waals surface area contributed by atoms with E-state index in [1.54, 1.807) is 6.07 Å². The lowest BCUT2D eigenvalue weighted by Gasteiger charge is -2.10. The molecule has 0 heterocycles. The van der Waals surface area contributed by atoms with Gasteiger partial charge in [0, 0.05) is 11.1 Å². The molecule has 0 atom stereocenters. The summed E-state index contributed by atoms with van der Waals surface area (Å²) >= 11 is 0. The number of rotatable bonds is 12. The van der Waals surface area contributed by atoms with Crippen molar-refractivity contribution in [3.8, 4) is 28.7 Å². The van der Waals surface area contributed by atoms with Gasteiger partial charge in [-0.3, -0.25) is 0 Å². The summed E-state index contributed by atoms with van der Waals surface area (Å²) in [7, 11) is 1.33. The van der Waals surface area contributed by atoms with Crippen LogP contribution in [0.15, 0.2) is 78.9 Å². The monoisotopic (exact) mass is 598 g/mol.